The van der Waals surface area contributed by atoms with Crippen molar-refractivity contribution in [3.63, 3.8) is 0 Å². The molecule has 0 aliphatic rings. The van der Waals surface area contributed by atoms with E-state index < -0.39 is 5.43 Å². The maximum atomic E-state index is 4.51. The Labute approximate surface area is 349 Å². The number of pyridine rings is 2. The molecule has 0 unspecified atom stereocenters. The predicted octanol–water partition coefficient (Wildman–Crippen LogP) is 5.11. The van der Waals surface area contributed by atoms with E-state index in [1.54, 1.807) is 23.3 Å². The molecule has 0 radical (unpaired) electrons. The number of aryl methyl sites for hydroxylation is 4. The van der Waals surface area contributed by atoms with Crippen LogP contribution in [0.4, 0.5) is 0 Å². The fraction of sp³-hybridized carbons (Fsp3) is 0.167. The van der Waals surface area contributed by atoms with Gasteiger partial charge >= 0.3 is 99.8 Å². The summed E-state index contributed by atoms with van der Waals surface area (Å²) in [5, 5.41) is 8.34. The molecule has 0 atom stereocenters. The summed E-state index contributed by atoms with van der Waals surface area (Å²) in [6.07, 6.45) is 8.33. The predicted molar refractivity (Wildman–Crippen MR) is 221 cm³/mol. The van der Waals surface area contributed by atoms with Crippen LogP contribution in [0, 0.1) is 13.8 Å². The number of fused-ring (bicyclic) bond motifs is 2. The molecule has 2 aromatic heterocycles. The van der Waals surface area contributed by atoms with E-state index >= 15 is 0 Å². The molecule has 8 rings (SSSR count). The molecule has 0 bridgehead atoms. The van der Waals surface area contributed by atoms with Crippen LogP contribution in [0.1, 0.15) is 48.9 Å². The molecule has 0 saturated carbocycles. The topological polar surface area (TPSA) is 25.8 Å². The van der Waals surface area contributed by atoms with Gasteiger partial charge in [0.15, 0.2) is 0 Å². The SMILES string of the molecule is CCCc1cc(-c2ccccn2)c2cc(C)[cH-]c2c1.CCCc1cc(-c2ccccn2)c2cc(C)[cH-]c2c1.[Cl-].[Cl-].[Zr+2]=[Si](c1ccccc1)c1ccccc1. The zero-order valence-electron chi connectivity index (χ0n) is 31.5. The van der Waals surface area contributed by atoms with Crippen molar-refractivity contribution in [3.05, 3.63) is 180 Å². The molecule has 0 amide bonds. The minimum absolute atomic E-state index is 0. The Balaban J connectivity index is 0.000000180. The van der Waals surface area contributed by atoms with Gasteiger partial charge in [-0.1, -0.05) is 75.9 Å². The standard InChI is InChI=1S/2C18H18N.C12H10Si.2ClH.Zr/c2*1-3-6-14-11-15-9-13(2)10-16(15)17(12-14)18-7-4-5-8-19-18;1-3-7-11(8-4-1)13-12-9-5-2-6-10-12;;;/h2*4-5,7-12H,3,6H2,1-2H3;1-10H;2*1H;/q2*-1;;;;+2/p-2. The van der Waals surface area contributed by atoms with Crippen molar-refractivity contribution in [1.82, 2.24) is 9.97 Å². The Kier molecular flexibility index (Phi) is 16.8. The molecule has 0 fully saturated rings. The molecule has 272 valence electrons. The van der Waals surface area contributed by atoms with Gasteiger partial charge in [0.2, 0.25) is 0 Å². The van der Waals surface area contributed by atoms with Crippen molar-refractivity contribution in [2.45, 2.75) is 53.4 Å². The first-order valence-corrected chi connectivity index (χ1v) is 23.5. The number of benzene rings is 4. The summed E-state index contributed by atoms with van der Waals surface area (Å²) in [6, 6.07) is 52.2. The molecule has 2 nitrogen and oxygen atoms in total. The van der Waals surface area contributed by atoms with E-state index in [1.807, 2.05) is 24.5 Å². The molecule has 54 heavy (non-hydrogen) atoms. The van der Waals surface area contributed by atoms with E-state index in [9.17, 15) is 0 Å². The Morgan fingerprint density at radius 2 is 0.907 bits per heavy atom. The van der Waals surface area contributed by atoms with Gasteiger partial charge in [-0.15, -0.1) is 56.9 Å². The number of hydrogen-bond acceptors (Lipinski definition) is 2. The van der Waals surface area contributed by atoms with Gasteiger partial charge in [-0.3, -0.25) is 9.97 Å². The molecule has 6 heteroatoms. The third-order valence-electron chi connectivity index (χ3n) is 9.14. The van der Waals surface area contributed by atoms with Gasteiger partial charge in [-0.2, -0.15) is 12.1 Å². The Hall–Kier alpha value is -3.92. The van der Waals surface area contributed by atoms with Crippen LogP contribution in [0.25, 0.3) is 44.1 Å². The first-order valence-electron chi connectivity index (χ1n) is 18.4. The Morgan fingerprint density at radius 3 is 1.26 bits per heavy atom. The summed E-state index contributed by atoms with van der Waals surface area (Å²) in [7, 11) is 0. The van der Waals surface area contributed by atoms with Crippen molar-refractivity contribution < 1.29 is 48.1 Å². The third-order valence-corrected chi connectivity index (χ3v) is 15.2. The van der Waals surface area contributed by atoms with Crippen molar-refractivity contribution >= 4 is 37.4 Å². The van der Waals surface area contributed by atoms with Gasteiger partial charge < -0.3 is 24.8 Å². The molecule has 8 aromatic rings. The van der Waals surface area contributed by atoms with E-state index in [2.05, 4.69) is 171 Å². The van der Waals surface area contributed by atoms with Crippen molar-refractivity contribution in [1.29, 1.82) is 0 Å². The molecule has 2 heterocycles. The summed E-state index contributed by atoms with van der Waals surface area (Å²) >= 11 is 1.64. The quantitative estimate of drug-likeness (QED) is 0.157. The maximum absolute atomic E-state index is 4.51. The van der Waals surface area contributed by atoms with Crippen molar-refractivity contribution in [3.8, 4) is 22.5 Å². The third kappa shape index (κ3) is 11.1. The summed E-state index contributed by atoms with van der Waals surface area (Å²) in [6.45, 7) is 8.76. The van der Waals surface area contributed by atoms with E-state index in [4.69, 9.17) is 0 Å². The molecule has 6 aromatic carbocycles. The van der Waals surface area contributed by atoms with Crippen molar-refractivity contribution in [2.75, 3.05) is 0 Å². The van der Waals surface area contributed by atoms with E-state index in [-0.39, 0.29) is 24.8 Å². The van der Waals surface area contributed by atoms with E-state index in [0.717, 1.165) is 24.2 Å². The van der Waals surface area contributed by atoms with Crippen molar-refractivity contribution in [2.24, 2.45) is 0 Å². The minimum atomic E-state index is -0.455. The van der Waals surface area contributed by atoms with Gasteiger partial charge in [0.05, 0.1) is 11.4 Å². The number of hydrogen-bond donors (Lipinski definition) is 0. The number of aromatic nitrogens is 2. The molecular weight excluding hydrogens is 795 g/mol. The van der Waals surface area contributed by atoms with Crippen LogP contribution in [0.15, 0.2) is 158 Å². The van der Waals surface area contributed by atoms with Gasteiger partial charge in [0, 0.05) is 12.4 Å². The van der Waals surface area contributed by atoms with Crippen LogP contribution in [-0.4, -0.2) is 15.4 Å². The van der Waals surface area contributed by atoms with Crippen LogP contribution < -0.4 is 35.2 Å². The average Bonchev–Trinajstić information content (AvgIpc) is 3.76. The second kappa shape index (κ2) is 21.2. The van der Waals surface area contributed by atoms with Crippen LogP contribution in [0.5, 0.6) is 0 Å². The molecule has 0 aliphatic heterocycles. The molecule has 0 N–H and O–H groups in total. The fourth-order valence-corrected chi connectivity index (χ4v) is 10.6. The monoisotopic (exact) mass is 838 g/mol. The first-order chi connectivity index (χ1) is 25.4. The number of rotatable bonds is 8. The normalized spacial score (nSPS) is 10.3. The molecule has 0 saturated heterocycles. The van der Waals surface area contributed by atoms with Crippen LogP contribution in [-0.2, 0) is 36.2 Å². The fourth-order valence-electron chi connectivity index (χ4n) is 6.78. The number of nitrogens with zero attached hydrogens (tertiary/aromatic N) is 2. The van der Waals surface area contributed by atoms with Crippen LogP contribution in [0.3, 0.4) is 0 Å². The van der Waals surface area contributed by atoms with E-state index in [1.165, 1.54) is 78.1 Å². The van der Waals surface area contributed by atoms with Crippen LogP contribution in [0.2, 0.25) is 0 Å². The summed E-state index contributed by atoms with van der Waals surface area (Å²) in [5.74, 6) is 0. The zero-order valence-corrected chi connectivity index (χ0v) is 36.5. The molecule has 0 aliphatic carbocycles. The van der Waals surface area contributed by atoms with E-state index in [0.29, 0.717) is 0 Å². The number of halogens is 2. The second-order valence-corrected chi connectivity index (χ2v) is 19.0. The average molecular weight is 841 g/mol. The van der Waals surface area contributed by atoms with Gasteiger partial charge in [-0.25, -0.2) is 0 Å². The van der Waals surface area contributed by atoms with Gasteiger partial charge in [0.1, 0.15) is 0 Å². The summed E-state index contributed by atoms with van der Waals surface area (Å²) < 4.78 is 0. The zero-order chi connectivity index (χ0) is 36.3. The second-order valence-electron chi connectivity index (χ2n) is 13.4. The molecule has 0 spiro atoms. The first kappa shape index (κ1) is 42.8. The van der Waals surface area contributed by atoms with Gasteiger partial charge in [0.25, 0.3) is 0 Å². The Bertz CT molecular complexity index is 2190. The van der Waals surface area contributed by atoms with Crippen LogP contribution >= 0.6 is 0 Å². The Morgan fingerprint density at radius 1 is 0.519 bits per heavy atom. The summed E-state index contributed by atoms with van der Waals surface area (Å²) in [5.41, 5.74) is 9.64. The molecular formula is C48H46Cl2N2SiZr-2. The summed E-state index contributed by atoms with van der Waals surface area (Å²) in [4.78, 5) is 9.02. The van der Waals surface area contributed by atoms with Gasteiger partial charge in [-0.05, 0) is 48.2 Å².